The molecule has 6 nitrogen and oxygen atoms in total. The highest BCUT2D eigenvalue weighted by Crippen LogP contribution is 2.24. The molecule has 0 saturated carbocycles. The average molecular weight is 368 g/mol. The van der Waals surface area contributed by atoms with Gasteiger partial charge in [-0.1, -0.05) is 20.3 Å². The van der Waals surface area contributed by atoms with Gasteiger partial charge in [0, 0.05) is 24.7 Å². The van der Waals surface area contributed by atoms with Crippen molar-refractivity contribution in [2.24, 2.45) is 0 Å². The molecule has 0 fully saturated rings. The lowest BCUT2D eigenvalue weighted by molar-refractivity contribution is 0.0652. The van der Waals surface area contributed by atoms with E-state index in [0.29, 0.717) is 29.8 Å². The predicted octanol–water partition coefficient (Wildman–Crippen LogP) is 2.23. The van der Waals surface area contributed by atoms with Crippen molar-refractivity contribution in [3.63, 3.8) is 0 Å². The first-order valence-corrected chi connectivity index (χ1v) is 8.51. The standard InChI is InChI=1S/C18H25N3O3.ClH/c1-4-6-9-21-17(23)14-8-7-13(10-15(14)18(21)24)16(22)20-11-12(3)19-5-2;/h7-8,10,12,19H,4-6,9,11H2,1-3H3,(H,20,22);1H/t12-;/m1./s1. The fourth-order valence-electron chi connectivity index (χ4n) is 2.72. The summed E-state index contributed by atoms with van der Waals surface area (Å²) in [7, 11) is 0. The number of benzene rings is 1. The number of nitrogens with zero attached hydrogens (tertiary/aromatic N) is 1. The van der Waals surface area contributed by atoms with Crippen molar-refractivity contribution >= 4 is 30.1 Å². The van der Waals surface area contributed by atoms with Gasteiger partial charge in [0.1, 0.15) is 0 Å². The minimum absolute atomic E-state index is 0. The maximum atomic E-state index is 12.4. The zero-order valence-corrected chi connectivity index (χ0v) is 15.7. The molecule has 1 aromatic rings. The maximum Gasteiger partial charge on any atom is 0.261 e. The van der Waals surface area contributed by atoms with E-state index in [1.165, 1.54) is 11.0 Å². The van der Waals surface area contributed by atoms with Crippen LogP contribution in [0.5, 0.6) is 0 Å². The average Bonchev–Trinajstić information content (AvgIpc) is 2.81. The van der Waals surface area contributed by atoms with Crippen LogP contribution in [0.1, 0.15) is 64.7 Å². The van der Waals surface area contributed by atoms with E-state index in [1.807, 2.05) is 20.8 Å². The van der Waals surface area contributed by atoms with Gasteiger partial charge in [-0.3, -0.25) is 19.3 Å². The van der Waals surface area contributed by atoms with Crippen molar-refractivity contribution in [1.82, 2.24) is 15.5 Å². The fraction of sp³-hybridized carbons (Fsp3) is 0.500. The number of rotatable bonds is 8. The van der Waals surface area contributed by atoms with Crippen LogP contribution in [0.25, 0.3) is 0 Å². The molecular formula is C18H26ClN3O3. The molecule has 0 aromatic heterocycles. The lowest BCUT2D eigenvalue weighted by Crippen LogP contribution is -2.38. The van der Waals surface area contributed by atoms with Gasteiger partial charge in [-0.05, 0) is 38.1 Å². The summed E-state index contributed by atoms with van der Waals surface area (Å²) in [5.74, 6) is -0.815. The van der Waals surface area contributed by atoms with Crippen LogP contribution in [0, 0.1) is 0 Å². The Morgan fingerprint density at radius 2 is 1.84 bits per heavy atom. The molecule has 7 heteroatoms. The van der Waals surface area contributed by atoms with Gasteiger partial charge in [-0.25, -0.2) is 0 Å². The van der Waals surface area contributed by atoms with E-state index in [4.69, 9.17) is 0 Å². The third-order valence-electron chi connectivity index (χ3n) is 4.09. The van der Waals surface area contributed by atoms with Crippen LogP contribution in [0.4, 0.5) is 0 Å². The number of nitrogens with one attached hydrogen (secondary N) is 2. The van der Waals surface area contributed by atoms with Crippen LogP contribution < -0.4 is 10.6 Å². The molecule has 2 rings (SSSR count). The Morgan fingerprint density at radius 1 is 1.16 bits per heavy atom. The van der Waals surface area contributed by atoms with Crippen molar-refractivity contribution in [3.05, 3.63) is 34.9 Å². The molecule has 0 spiro atoms. The predicted molar refractivity (Wildman–Crippen MR) is 99.4 cm³/mol. The highest BCUT2D eigenvalue weighted by atomic mass is 35.5. The maximum absolute atomic E-state index is 12.4. The smallest absolute Gasteiger partial charge is 0.261 e. The molecule has 0 bridgehead atoms. The van der Waals surface area contributed by atoms with Gasteiger partial charge < -0.3 is 10.6 Å². The molecule has 1 aliphatic rings. The number of unbranched alkanes of at least 4 members (excludes halogenated alkanes) is 1. The molecule has 138 valence electrons. The summed E-state index contributed by atoms with van der Waals surface area (Å²) in [6.07, 6.45) is 1.69. The first-order chi connectivity index (χ1) is 11.5. The van der Waals surface area contributed by atoms with E-state index < -0.39 is 0 Å². The second-order valence-electron chi connectivity index (χ2n) is 6.04. The van der Waals surface area contributed by atoms with Gasteiger partial charge >= 0.3 is 0 Å². The number of carbonyl (C=O) groups excluding carboxylic acids is 3. The van der Waals surface area contributed by atoms with Crippen LogP contribution in [0.3, 0.4) is 0 Å². The summed E-state index contributed by atoms with van der Waals surface area (Å²) in [5, 5.41) is 6.05. The summed E-state index contributed by atoms with van der Waals surface area (Å²) < 4.78 is 0. The number of imide groups is 1. The lowest BCUT2D eigenvalue weighted by atomic mass is 10.1. The normalized spacial score (nSPS) is 14.1. The largest absolute Gasteiger partial charge is 0.350 e. The molecule has 25 heavy (non-hydrogen) atoms. The molecule has 0 radical (unpaired) electrons. The number of hydrogen-bond donors (Lipinski definition) is 2. The molecule has 0 unspecified atom stereocenters. The number of likely N-dealkylation sites (N-methyl/N-ethyl adjacent to an activating group) is 1. The number of carbonyl (C=O) groups is 3. The van der Waals surface area contributed by atoms with E-state index in [2.05, 4.69) is 10.6 Å². The SMILES string of the molecule is CCCCN1C(=O)c2ccc(C(=O)NC[C@@H](C)NCC)cc2C1=O.Cl. The minimum Gasteiger partial charge on any atom is -0.350 e. The molecular weight excluding hydrogens is 342 g/mol. The third kappa shape index (κ3) is 4.80. The number of fused-ring (bicyclic) bond motifs is 1. The fourth-order valence-corrected chi connectivity index (χ4v) is 2.72. The van der Waals surface area contributed by atoms with Crippen molar-refractivity contribution < 1.29 is 14.4 Å². The van der Waals surface area contributed by atoms with Crippen molar-refractivity contribution in [1.29, 1.82) is 0 Å². The summed E-state index contributed by atoms with van der Waals surface area (Å²) in [6.45, 7) is 7.75. The zero-order chi connectivity index (χ0) is 17.7. The molecule has 2 N–H and O–H groups in total. The van der Waals surface area contributed by atoms with Crippen LogP contribution in [-0.2, 0) is 0 Å². The quantitative estimate of drug-likeness (QED) is 0.691. The number of halogens is 1. The molecule has 1 aromatic carbocycles. The molecule has 1 heterocycles. The van der Waals surface area contributed by atoms with Crippen LogP contribution in [0.15, 0.2) is 18.2 Å². The van der Waals surface area contributed by atoms with Crippen molar-refractivity contribution in [2.45, 2.75) is 39.7 Å². The van der Waals surface area contributed by atoms with Gasteiger partial charge in [0.05, 0.1) is 11.1 Å². The highest BCUT2D eigenvalue weighted by Gasteiger charge is 2.35. The second kappa shape index (κ2) is 9.53. The Bertz CT molecular complexity index is 648. The lowest BCUT2D eigenvalue weighted by Gasteiger charge is -2.13. The zero-order valence-electron chi connectivity index (χ0n) is 14.9. The Kier molecular flexibility index (Phi) is 8.06. The number of amides is 3. The molecule has 3 amide bonds. The summed E-state index contributed by atoms with van der Waals surface area (Å²) >= 11 is 0. The highest BCUT2D eigenvalue weighted by molar-refractivity contribution is 6.22. The van der Waals surface area contributed by atoms with E-state index in [0.717, 1.165) is 19.4 Å². The Morgan fingerprint density at radius 3 is 2.48 bits per heavy atom. The number of hydrogen-bond acceptors (Lipinski definition) is 4. The third-order valence-corrected chi connectivity index (χ3v) is 4.09. The second-order valence-corrected chi connectivity index (χ2v) is 6.04. The molecule has 1 atom stereocenters. The Hall–Kier alpha value is -1.92. The van der Waals surface area contributed by atoms with Gasteiger partial charge in [-0.2, -0.15) is 0 Å². The minimum atomic E-state index is -0.306. The first kappa shape index (κ1) is 21.1. The van der Waals surface area contributed by atoms with Gasteiger partial charge in [0.2, 0.25) is 0 Å². The van der Waals surface area contributed by atoms with Crippen molar-refractivity contribution in [2.75, 3.05) is 19.6 Å². The Balaban J connectivity index is 0.00000312. The molecule has 1 aliphatic heterocycles. The van der Waals surface area contributed by atoms with Crippen LogP contribution in [-0.4, -0.2) is 48.3 Å². The first-order valence-electron chi connectivity index (χ1n) is 8.51. The van der Waals surface area contributed by atoms with E-state index in [-0.39, 0.29) is 36.2 Å². The van der Waals surface area contributed by atoms with Gasteiger partial charge in [0.15, 0.2) is 0 Å². The monoisotopic (exact) mass is 367 g/mol. The van der Waals surface area contributed by atoms with Crippen molar-refractivity contribution in [3.8, 4) is 0 Å². The van der Waals surface area contributed by atoms with E-state index in [1.54, 1.807) is 12.1 Å². The summed E-state index contributed by atoms with van der Waals surface area (Å²) in [4.78, 5) is 38.2. The molecule has 0 saturated heterocycles. The van der Waals surface area contributed by atoms with Crippen LogP contribution >= 0.6 is 12.4 Å². The van der Waals surface area contributed by atoms with Gasteiger partial charge in [0.25, 0.3) is 17.7 Å². The summed E-state index contributed by atoms with van der Waals surface area (Å²) in [6, 6.07) is 4.86. The van der Waals surface area contributed by atoms with E-state index >= 15 is 0 Å². The van der Waals surface area contributed by atoms with Gasteiger partial charge in [-0.15, -0.1) is 12.4 Å². The summed E-state index contributed by atoms with van der Waals surface area (Å²) in [5.41, 5.74) is 1.10. The van der Waals surface area contributed by atoms with E-state index in [9.17, 15) is 14.4 Å². The van der Waals surface area contributed by atoms with Crippen LogP contribution in [0.2, 0.25) is 0 Å². The topological polar surface area (TPSA) is 78.5 Å². The Labute approximate surface area is 154 Å². The molecule has 0 aliphatic carbocycles.